The molecule has 0 aromatic heterocycles. The van der Waals surface area contributed by atoms with Gasteiger partial charge in [0.1, 0.15) is 0 Å². The second kappa shape index (κ2) is 7.06. The van der Waals surface area contributed by atoms with E-state index in [1.165, 1.54) is 0 Å². The van der Waals surface area contributed by atoms with Crippen LogP contribution in [0.4, 0.5) is 0 Å². The molecule has 104 valence electrons. The van der Waals surface area contributed by atoms with Gasteiger partial charge in [0, 0.05) is 0 Å². The molecule has 0 heterocycles. The van der Waals surface area contributed by atoms with E-state index in [9.17, 15) is 4.79 Å². The highest BCUT2D eigenvalue weighted by molar-refractivity contribution is 5.89. The molecule has 0 saturated carbocycles. The van der Waals surface area contributed by atoms with E-state index in [0.29, 0.717) is 17.7 Å². The average molecular weight is 277 g/mol. The van der Waals surface area contributed by atoms with Gasteiger partial charge in [-0.15, -0.1) is 0 Å². The fourth-order valence-electron chi connectivity index (χ4n) is 1.85. The Balaban J connectivity index is 2.11. The van der Waals surface area contributed by atoms with Crippen molar-refractivity contribution in [3.8, 4) is 6.07 Å². The third-order valence-electron chi connectivity index (χ3n) is 2.91. The smallest absolute Gasteiger partial charge is 0.338 e. The number of esters is 1. The minimum Gasteiger partial charge on any atom is -0.462 e. The van der Waals surface area contributed by atoms with Crippen molar-refractivity contribution in [2.45, 2.75) is 6.92 Å². The number of benzene rings is 2. The highest BCUT2D eigenvalue weighted by Crippen LogP contribution is 2.11. The minimum atomic E-state index is -0.310. The van der Waals surface area contributed by atoms with Crippen LogP contribution >= 0.6 is 0 Å². The van der Waals surface area contributed by atoms with Crippen LogP contribution in [0, 0.1) is 11.3 Å². The lowest BCUT2D eigenvalue weighted by atomic mass is 10.1. The van der Waals surface area contributed by atoms with Crippen molar-refractivity contribution >= 4 is 18.1 Å². The number of carbonyl (C=O) groups excluding carboxylic acids is 1. The first-order valence-corrected chi connectivity index (χ1v) is 6.68. The van der Waals surface area contributed by atoms with Gasteiger partial charge in [0.25, 0.3) is 0 Å². The maximum Gasteiger partial charge on any atom is 0.338 e. The van der Waals surface area contributed by atoms with Gasteiger partial charge >= 0.3 is 5.97 Å². The van der Waals surface area contributed by atoms with E-state index >= 15 is 0 Å². The molecule has 0 aliphatic carbocycles. The number of carbonyl (C=O) groups is 1. The number of ether oxygens (including phenoxy) is 1. The Hall–Kier alpha value is -2.86. The zero-order valence-corrected chi connectivity index (χ0v) is 11.7. The summed E-state index contributed by atoms with van der Waals surface area (Å²) in [5, 5.41) is 8.86. The third kappa shape index (κ3) is 4.05. The predicted octanol–water partition coefficient (Wildman–Crippen LogP) is 3.91. The fourth-order valence-corrected chi connectivity index (χ4v) is 1.85. The average Bonchev–Trinajstić information content (AvgIpc) is 2.54. The highest BCUT2D eigenvalue weighted by Gasteiger charge is 2.04. The van der Waals surface area contributed by atoms with Gasteiger partial charge in [-0.25, -0.2) is 4.79 Å². The standard InChI is InChI=1S/C18H15NO2/c1-2-21-18(20)17-10-8-14(9-11-17)6-7-15-4-3-5-16(12-15)13-19/h3-12H,2H2,1H3/b7-6-. The third-order valence-corrected chi connectivity index (χ3v) is 2.91. The summed E-state index contributed by atoms with van der Waals surface area (Å²) < 4.78 is 4.94. The zero-order chi connectivity index (χ0) is 15.1. The molecule has 0 aliphatic heterocycles. The first-order valence-electron chi connectivity index (χ1n) is 6.68. The monoisotopic (exact) mass is 277 g/mol. The van der Waals surface area contributed by atoms with E-state index in [-0.39, 0.29) is 5.97 Å². The number of nitriles is 1. The molecule has 0 radical (unpaired) electrons. The van der Waals surface area contributed by atoms with E-state index in [4.69, 9.17) is 10.00 Å². The van der Waals surface area contributed by atoms with Gasteiger partial charge < -0.3 is 4.74 Å². The van der Waals surface area contributed by atoms with Crippen molar-refractivity contribution in [2.75, 3.05) is 6.61 Å². The molecular formula is C18H15NO2. The maximum atomic E-state index is 11.5. The summed E-state index contributed by atoms with van der Waals surface area (Å²) in [4.78, 5) is 11.5. The summed E-state index contributed by atoms with van der Waals surface area (Å²) in [6, 6.07) is 16.7. The lowest BCUT2D eigenvalue weighted by molar-refractivity contribution is 0.0526. The molecule has 0 N–H and O–H groups in total. The van der Waals surface area contributed by atoms with Crippen LogP contribution in [0.2, 0.25) is 0 Å². The summed E-state index contributed by atoms with van der Waals surface area (Å²) in [7, 11) is 0. The Labute approximate surface area is 124 Å². The van der Waals surface area contributed by atoms with Crippen LogP contribution in [0.3, 0.4) is 0 Å². The molecule has 0 unspecified atom stereocenters. The van der Waals surface area contributed by atoms with Gasteiger partial charge in [-0.3, -0.25) is 0 Å². The molecular weight excluding hydrogens is 262 g/mol. The van der Waals surface area contributed by atoms with Crippen molar-refractivity contribution in [3.63, 3.8) is 0 Å². The Kier molecular flexibility index (Phi) is 4.89. The van der Waals surface area contributed by atoms with Gasteiger partial charge in [-0.2, -0.15) is 5.26 Å². The molecule has 0 bridgehead atoms. The molecule has 0 amide bonds. The van der Waals surface area contributed by atoms with Crippen LogP contribution in [0.25, 0.3) is 12.2 Å². The Morgan fingerprint density at radius 2 is 1.86 bits per heavy atom. The number of nitrogens with zero attached hydrogens (tertiary/aromatic N) is 1. The lowest BCUT2D eigenvalue weighted by Gasteiger charge is -2.01. The summed E-state index contributed by atoms with van der Waals surface area (Å²) in [6.45, 7) is 2.15. The van der Waals surface area contributed by atoms with Crippen molar-refractivity contribution < 1.29 is 9.53 Å². The van der Waals surface area contributed by atoms with Crippen LogP contribution in [-0.4, -0.2) is 12.6 Å². The molecule has 21 heavy (non-hydrogen) atoms. The SMILES string of the molecule is CCOC(=O)c1ccc(/C=C\c2cccc(C#N)c2)cc1. The molecule has 2 rings (SSSR count). The van der Waals surface area contributed by atoms with Crippen molar-refractivity contribution in [2.24, 2.45) is 0 Å². The van der Waals surface area contributed by atoms with Crippen molar-refractivity contribution in [1.29, 1.82) is 5.26 Å². The van der Waals surface area contributed by atoms with Crippen LogP contribution in [0.15, 0.2) is 48.5 Å². The van der Waals surface area contributed by atoms with E-state index < -0.39 is 0 Å². The number of hydrogen-bond donors (Lipinski definition) is 0. The van der Waals surface area contributed by atoms with Gasteiger partial charge in [0.05, 0.1) is 23.8 Å². The van der Waals surface area contributed by atoms with Crippen LogP contribution in [-0.2, 0) is 4.74 Å². The molecule has 3 nitrogen and oxygen atoms in total. The molecule has 0 spiro atoms. The summed E-state index contributed by atoms with van der Waals surface area (Å²) in [6.07, 6.45) is 3.87. The van der Waals surface area contributed by atoms with Crippen LogP contribution < -0.4 is 0 Å². The largest absolute Gasteiger partial charge is 0.462 e. The van der Waals surface area contributed by atoms with Gasteiger partial charge in [-0.05, 0) is 42.3 Å². The first-order chi connectivity index (χ1) is 10.2. The van der Waals surface area contributed by atoms with Crippen LogP contribution in [0.1, 0.15) is 34.0 Å². The van der Waals surface area contributed by atoms with Crippen molar-refractivity contribution in [1.82, 2.24) is 0 Å². The maximum absolute atomic E-state index is 11.5. The second-order valence-corrected chi connectivity index (χ2v) is 4.41. The normalized spacial score (nSPS) is 10.3. The van der Waals surface area contributed by atoms with Gasteiger partial charge in [0.2, 0.25) is 0 Å². The molecule has 0 fully saturated rings. The fraction of sp³-hybridized carbons (Fsp3) is 0.111. The summed E-state index contributed by atoms with van der Waals surface area (Å²) in [5.74, 6) is -0.310. The van der Waals surface area contributed by atoms with Gasteiger partial charge in [-0.1, -0.05) is 36.4 Å². The van der Waals surface area contributed by atoms with Crippen molar-refractivity contribution in [3.05, 3.63) is 70.8 Å². The number of hydrogen-bond acceptors (Lipinski definition) is 3. The number of rotatable bonds is 4. The van der Waals surface area contributed by atoms with Crippen LogP contribution in [0.5, 0.6) is 0 Å². The summed E-state index contributed by atoms with van der Waals surface area (Å²) in [5.41, 5.74) is 3.12. The first kappa shape index (κ1) is 14.5. The second-order valence-electron chi connectivity index (χ2n) is 4.41. The molecule has 3 heteroatoms. The lowest BCUT2D eigenvalue weighted by Crippen LogP contribution is -2.03. The molecule has 2 aromatic carbocycles. The molecule has 2 aromatic rings. The van der Waals surface area contributed by atoms with E-state index in [0.717, 1.165) is 11.1 Å². The Morgan fingerprint density at radius 1 is 1.14 bits per heavy atom. The minimum absolute atomic E-state index is 0.310. The van der Waals surface area contributed by atoms with E-state index in [2.05, 4.69) is 6.07 Å². The van der Waals surface area contributed by atoms with E-state index in [1.54, 1.807) is 25.1 Å². The molecule has 0 saturated heterocycles. The highest BCUT2D eigenvalue weighted by atomic mass is 16.5. The molecule has 0 aliphatic rings. The Bertz CT molecular complexity index is 694. The zero-order valence-electron chi connectivity index (χ0n) is 11.7. The summed E-state index contributed by atoms with van der Waals surface area (Å²) >= 11 is 0. The predicted molar refractivity (Wildman–Crippen MR) is 82.5 cm³/mol. The van der Waals surface area contributed by atoms with E-state index in [1.807, 2.05) is 42.5 Å². The topological polar surface area (TPSA) is 50.1 Å². The quantitative estimate of drug-likeness (QED) is 0.629. The Morgan fingerprint density at radius 3 is 2.52 bits per heavy atom. The molecule has 0 atom stereocenters. The van der Waals surface area contributed by atoms with Gasteiger partial charge in [0.15, 0.2) is 0 Å².